The number of hydrogen-bond donors (Lipinski definition) is 3. The SMILES string of the molecule is COc1cc(OC)nc(NC(=O)NS(=O)(=O)c2c(C(=O)N(C)C)ccc(C=O)c2N)n1. The van der Waals surface area contributed by atoms with E-state index in [9.17, 15) is 22.8 Å². The van der Waals surface area contributed by atoms with Gasteiger partial charge in [-0.3, -0.25) is 14.9 Å². The number of hydrogen-bond acceptors (Lipinski definition) is 10. The number of carbonyl (C=O) groups is 3. The Balaban J connectivity index is 2.43. The predicted molar refractivity (Wildman–Crippen MR) is 109 cm³/mol. The average Bonchev–Trinajstić information content (AvgIpc) is 2.71. The normalized spacial score (nSPS) is 10.7. The molecule has 0 spiro atoms. The second-order valence-electron chi connectivity index (χ2n) is 6.10. The monoisotopic (exact) mass is 452 g/mol. The number of urea groups is 1. The fourth-order valence-corrected chi connectivity index (χ4v) is 3.63. The number of nitrogen functional groups attached to an aromatic ring is 1. The Bertz CT molecular complexity index is 1110. The highest BCUT2D eigenvalue weighted by molar-refractivity contribution is 7.90. The number of sulfonamides is 1. The molecule has 0 fully saturated rings. The van der Waals surface area contributed by atoms with Crippen LogP contribution in [0.1, 0.15) is 20.7 Å². The van der Waals surface area contributed by atoms with E-state index in [1.807, 2.05) is 0 Å². The van der Waals surface area contributed by atoms with Gasteiger partial charge in [0.05, 0.1) is 31.5 Å². The molecule has 0 aliphatic rings. The first kappa shape index (κ1) is 23.3. The minimum atomic E-state index is -4.69. The summed E-state index contributed by atoms with van der Waals surface area (Å²) in [6, 6.07) is 2.42. The van der Waals surface area contributed by atoms with E-state index in [1.165, 1.54) is 40.4 Å². The van der Waals surface area contributed by atoms with Gasteiger partial charge in [-0.1, -0.05) is 0 Å². The van der Waals surface area contributed by atoms with Crippen LogP contribution in [0.4, 0.5) is 16.4 Å². The molecule has 4 N–H and O–H groups in total. The summed E-state index contributed by atoms with van der Waals surface area (Å²) < 4.78 is 37.4. The van der Waals surface area contributed by atoms with Gasteiger partial charge in [-0.25, -0.2) is 17.9 Å². The lowest BCUT2D eigenvalue weighted by Crippen LogP contribution is -2.37. The van der Waals surface area contributed by atoms with Crippen LogP contribution < -0.4 is 25.2 Å². The third-order valence-corrected chi connectivity index (χ3v) is 5.24. The molecular weight excluding hydrogens is 432 g/mol. The minimum absolute atomic E-state index is 0.0480. The molecule has 1 aromatic carbocycles. The van der Waals surface area contributed by atoms with Gasteiger partial charge in [0.1, 0.15) is 4.90 Å². The van der Waals surface area contributed by atoms with E-state index in [0.29, 0.717) is 6.29 Å². The highest BCUT2D eigenvalue weighted by Crippen LogP contribution is 2.27. The second kappa shape index (κ2) is 9.25. The Morgan fingerprint density at radius 2 is 1.71 bits per heavy atom. The lowest BCUT2D eigenvalue weighted by Gasteiger charge is -2.17. The number of aldehydes is 1. The molecule has 0 atom stereocenters. The third-order valence-electron chi connectivity index (χ3n) is 3.81. The van der Waals surface area contributed by atoms with E-state index in [-0.39, 0.29) is 28.8 Å². The maximum Gasteiger partial charge on any atom is 0.335 e. The van der Waals surface area contributed by atoms with E-state index < -0.39 is 32.5 Å². The van der Waals surface area contributed by atoms with Gasteiger partial charge in [-0.2, -0.15) is 9.97 Å². The lowest BCUT2D eigenvalue weighted by molar-refractivity contribution is 0.0823. The van der Waals surface area contributed by atoms with Gasteiger partial charge in [0.25, 0.3) is 15.9 Å². The van der Waals surface area contributed by atoms with Gasteiger partial charge < -0.3 is 20.1 Å². The molecule has 31 heavy (non-hydrogen) atoms. The second-order valence-corrected chi connectivity index (χ2v) is 7.72. The summed E-state index contributed by atoms with van der Waals surface area (Å²) in [5, 5.41) is 2.12. The van der Waals surface area contributed by atoms with Crippen LogP contribution in [0.2, 0.25) is 0 Å². The van der Waals surface area contributed by atoms with E-state index >= 15 is 0 Å². The van der Waals surface area contributed by atoms with Crippen LogP contribution in [0.25, 0.3) is 0 Å². The number of anilines is 2. The molecule has 0 unspecified atom stereocenters. The lowest BCUT2D eigenvalue weighted by atomic mass is 10.1. The predicted octanol–water partition coefficient (Wildman–Crippen LogP) is 0.101. The number of rotatable bonds is 7. The zero-order chi connectivity index (χ0) is 23.3. The number of amides is 3. The molecule has 1 heterocycles. The van der Waals surface area contributed by atoms with Crippen molar-refractivity contribution in [2.75, 3.05) is 39.4 Å². The van der Waals surface area contributed by atoms with E-state index in [0.717, 1.165) is 11.0 Å². The average molecular weight is 452 g/mol. The number of nitrogens with zero attached hydrogens (tertiary/aromatic N) is 3. The third kappa shape index (κ3) is 5.16. The fourth-order valence-electron chi connectivity index (χ4n) is 2.39. The van der Waals surface area contributed by atoms with Gasteiger partial charge in [0.15, 0.2) is 6.29 Å². The van der Waals surface area contributed by atoms with Crippen molar-refractivity contribution in [1.82, 2.24) is 19.6 Å². The molecule has 166 valence electrons. The number of carbonyl (C=O) groups excluding carboxylic acids is 3. The fraction of sp³-hybridized carbons (Fsp3) is 0.235. The van der Waals surface area contributed by atoms with Crippen molar-refractivity contribution in [3.05, 3.63) is 29.3 Å². The largest absolute Gasteiger partial charge is 0.481 e. The van der Waals surface area contributed by atoms with Gasteiger partial charge in [-0.15, -0.1) is 0 Å². The Morgan fingerprint density at radius 1 is 1.13 bits per heavy atom. The van der Waals surface area contributed by atoms with Crippen molar-refractivity contribution in [1.29, 1.82) is 0 Å². The molecule has 1 aromatic heterocycles. The van der Waals surface area contributed by atoms with Crippen LogP contribution in [-0.4, -0.2) is 69.8 Å². The van der Waals surface area contributed by atoms with Crippen LogP contribution in [0.15, 0.2) is 23.1 Å². The van der Waals surface area contributed by atoms with Gasteiger partial charge in [0, 0.05) is 19.7 Å². The summed E-state index contributed by atoms with van der Waals surface area (Å²) in [7, 11) is 0.746. The highest BCUT2D eigenvalue weighted by atomic mass is 32.2. The number of benzene rings is 1. The first-order chi connectivity index (χ1) is 14.5. The Hall–Kier alpha value is -3.94. The molecule has 14 heteroatoms. The van der Waals surface area contributed by atoms with Gasteiger partial charge >= 0.3 is 6.03 Å². The van der Waals surface area contributed by atoms with E-state index in [1.54, 1.807) is 4.72 Å². The molecular formula is C17H20N6O7S. The summed E-state index contributed by atoms with van der Waals surface area (Å²) in [5.41, 5.74) is 4.83. The summed E-state index contributed by atoms with van der Waals surface area (Å²) in [6.07, 6.45) is 0.328. The summed E-state index contributed by atoms with van der Waals surface area (Å²) in [5.74, 6) is -0.924. The van der Waals surface area contributed by atoms with Crippen LogP contribution in [0, 0.1) is 0 Å². The smallest absolute Gasteiger partial charge is 0.335 e. The molecule has 0 radical (unpaired) electrons. The van der Waals surface area contributed by atoms with Crippen LogP contribution >= 0.6 is 0 Å². The molecule has 0 saturated carbocycles. The molecule has 13 nitrogen and oxygen atoms in total. The maximum absolute atomic E-state index is 12.9. The zero-order valence-corrected chi connectivity index (χ0v) is 17.8. The van der Waals surface area contributed by atoms with Crippen molar-refractivity contribution >= 4 is 39.9 Å². The Kier molecular flexibility index (Phi) is 6.97. The van der Waals surface area contributed by atoms with Crippen LogP contribution in [-0.2, 0) is 10.0 Å². The number of aromatic nitrogens is 2. The molecule has 0 aliphatic carbocycles. The highest BCUT2D eigenvalue weighted by Gasteiger charge is 2.29. The first-order valence-corrected chi connectivity index (χ1v) is 9.92. The van der Waals surface area contributed by atoms with Crippen LogP contribution in [0.5, 0.6) is 11.8 Å². The van der Waals surface area contributed by atoms with Gasteiger partial charge in [0.2, 0.25) is 17.7 Å². The first-order valence-electron chi connectivity index (χ1n) is 8.44. The summed E-state index contributed by atoms with van der Waals surface area (Å²) in [6.45, 7) is 0. The summed E-state index contributed by atoms with van der Waals surface area (Å²) in [4.78, 5) is 44.0. The number of nitrogens with two attached hydrogens (primary N) is 1. The van der Waals surface area contributed by atoms with Gasteiger partial charge in [-0.05, 0) is 12.1 Å². The number of methoxy groups -OCH3 is 2. The molecule has 0 bridgehead atoms. The van der Waals surface area contributed by atoms with Crippen molar-refractivity contribution in [2.45, 2.75) is 4.90 Å². The summed E-state index contributed by atoms with van der Waals surface area (Å²) >= 11 is 0. The molecule has 0 aliphatic heterocycles. The molecule has 2 rings (SSSR count). The Labute approximate surface area is 177 Å². The van der Waals surface area contributed by atoms with Crippen molar-refractivity contribution in [2.24, 2.45) is 0 Å². The quantitative estimate of drug-likeness (QED) is 0.385. The number of ether oxygens (including phenoxy) is 2. The van der Waals surface area contributed by atoms with E-state index in [4.69, 9.17) is 15.2 Å². The van der Waals surface area contributed by atoms with Crippen molar-refractivity contribution in [3.63, 3.8) is 0 Å². The molecule has 2 aromatic rings. The van der Waals surface area contributed by atoms with Crippen molar-refractivity contribution in [3.8, 4) is 11.8 Å². The zero-order valence-electron chi connectivity index (χ0n) is 17.0. The number of nitrogens with one attached hydrogen (secondary N) is 2. The molecule has 3 amide bonds. The Morgan fingerprint density at radius 3 is 2.19 bits per heavy atom. The van der Waals surface area contributed by atoms with E-state index in [2.05, 4.69) is 15.3 Å². The van der Waals surface area contributed by atoms with Crippen LogP contribution in [0.3, 0.4) is 0 Å². The standard InChI is InChI=1S/C17H20N6O7S/c1-23(2)15(25)10-6-5-9(8-24)13(18)14(10)31(27,28)22-17(26)21-16-19-11(29-3)7-12(20-16)30-4/h5-8H,18H2,1-4H3,(H2,19,20,21,22,26). The minimum Gasteiger partial charge on any atom is -0.481 e. The topological polar surface area (TPSA) is 183 Å². The maximum atomic E-state index is 12.9. The van der Waals surface area contributed by atoms with Crippen molar-refractivity contribution < 1.29 is 32.3 Å². The molecule has 0 saturated heterocycles.